The highest BCUT2D eigenvalue weighted by atomic mass is 31.2. The molecule has 7 rings (SSSR count). The number of nitrogens with zero attached hydrogens (tertiary/aromatic N) is 7. The van der Waals surface area contributed by atoms with Gasteiger partial charge in [-0.1, -0.05) is 0 Å². The van der Waals surface area contributed by atoms with Crippen LogP contribution in [0.3, 0.4) is 0 Å². The van der Waals surface area contributed by atoms with Gasteiger partial charge in [-0.25, -0.2) is 29.1 Å². The van der Waals surface area contributed by atoms with Crippen LogP contribution in [0.1, 0.15) is 12.5 Å². The lowest BCUT2D eigenvalue weighted by Gasteiger charge is -2.25. The van der Waals surface area contributed by atoms with E-state index in [1.165, 1.54) is 10.9 Å². The van der Waals surface area contributed by atoms with Gasteiger partial charge in [0.1, 0.15) is 48.5 Å². The number of hydrogen-bond acceptors (Lipinski definition) is 18. The second kappa shape index (κ2) is 10.8. The molecule has 3 saturated heterocycles. The van der Waals surface area contributed by atoms with Crippen LogP contribution in [0.5, 0.6) is 0 Å². The van der Waals surface area contributed by atoms with Crippen LogP contribution in [0.15, 0.2) is 23.8 Å². The first kappa shape index (κ1) is 30.2. The van der Waals surface area contributed by atoms with E-state index in [1.54, 1.807) is 0 Å². The number of nitrogen functional groups attached to an aromatic ring is 2. The molecule has 9 unspecified atom stereocenters. The largest absolute Gasteiger partial charge is 0.472 e. The Morgan fingerprint density at radius 1 is 0.822 bits per heavy atom. The molecular weight excluding hydrogens is 650 g/mol. The number of nitrogens with two attached hydrogens (primary N) is 2. The van der Waals surface area contributed by atoms with Gasteiger partial charge in [0.05, 0.1) is 25.9 Å². The second-order valence-corrected chi connectivity index (χ2v) is 13.0. The topological polar surface area (TPSA) is 330 Å². The van der Waals surface area contributed by atoms with Crippen LogP contribution in [0.25, 0.3) is 22.3 Å². The summed E-state index contributed by atoms with van der Waals surface area (Å²) in [4.78, 5) is 55.7. The monoisotopic (exact) mass is 674 g/mol. The van der Waals surface area contributed by atoms with Crippen molar-refractivity contribution in [1.82, 2.24) is 39.0 Å². The fourth-order valence-corrected chi connectivity index (χ4v) is 7.19. The number of phosphoric ester groups is 2. The fourth-order valence-electron chi connectivity index (χ4n) is 5.30. The third-order valence-corrected chi connectivity index (χ3v) is 9.29. The molecule has 0 aliphatic carbocycles. The zero-order valence-electron chi connectivity index (χ0n) is 22.4. The van der Waals surface area contributed by atoms with Crippen LogP contribution in [0.4, 0.5) is 11.8 Å². The minimum atomic E-state index is -5.09. The average Bonchev–Trinajstić information content (AvgIpc) is 3.72. The first-order valence-corrected chi connectivity index (χ1v) is 15.9. The molecule has 3 aliphatic heterocycles. The Bertz CT molecular complexity index is 1940. The summed E-state index contributed by atoms with van der Waals surface area (Å²) in [5, 5.41) is 22.1. The molecule has 25 heteroatoms. The third-order valence-electron chi connectivity index (χ3n) is 7.32. The van der Waals surface area contributed by atoms with Crippen molar-refractivity contribution < 1.29 is 56.7 Å². The van der Waals surface area contributed by atoms with E-state index in [2.05, 4.69) is 29.9 Å². The number of aromatic nitrogens is 8. The second-order valence-electron chi connectivity index (χ2n) is 10.1. The Labute approximate surface area is 248 Å². The van der Waals surface area contributed by atoms with E-state index in [0.717, 1.165) is 17.2 Å². The van der Waals surface area contributed by atoms with E-state index in [9.17, 15) is 33.9 Å². The lowest BCUT2D eigenvalue weighted by Crippen LogP contribution is -2.36. The van der Waals surface area contributed by atoms with Crippen molar-refractivity contribution in [2.75, 3.05) is 24.7 Å². The zero-order chi connectivity index (χ0) is 31.8. The quantitative estimate of drug-likeness (QED) is 0.109. The Morgan fingerprint density at radius 3 is 2.18 bits per heavy atom. The highest BCUT2D eigenvalue weighted by Gasteiger charge is 2.54. The summed E-state index contributed by atoms with van der Waals surface area (Å²) in [7, 11) is -10.2. The van der Waals surface area contributed by atoms with Crippen LogP contribution < -0.4 is 17.0 Å². The number of hydrogen-bond donors (Lipinski definition) is 7. The molecular formula is C20H24N10O13P2. The van der Waals surface area contributed by atoms with Crippen molar-refractivity contribution in [3.8, 4) is 0 Å². The van der Waals surface area contributed by atoms with E-state index < -0.39 is 83.5 Å². The highest BCUT2D eigenvalue weighted by Crippen LogP contribution is 2.53. The lowest BCUT2D eigenvalue weighted by atomic mass is 10.1. The highest BCUT2D eigenvalue weighted by molar-refractivity contribution is 7.47. The molecule has 4 aromatic rings. The van der Waals surface area contributed by atoms with Gasteiger partial charge in [-0.05, 0) is 0 Å². The van der Waals surface area contributed by atoms with E-state index in [0.29, 0.717) is 0 Å². The van der Waals surface area contributed by atoms with Gasteiger partial charge in [0.25, 0.3) is 5.56 Å². The molecule has 10 atom stereocenters. The van der Waals surface area contributed by atoms with E-state index in [-0.39, 0.29) is 34.1 Å². The molecule has 4 aromatic heterocycles. The number of aromatic amines is 1. The molecule has 3 aliphatic rings. The molecule has 0 saturated carbocycles. The number of phosphoric acid groups is 2. The number of aliphatic hydroxyl groups excluding tert-OH is 2. The summed E-state index contributed by atoms with van der Waals surface area (Å²) in [5.41, 5.74) is 10.8. The van der Waals surface area contributed by atoms with Crippen LogP contribution in [-0.2, 0) is 36.7 Å². The molecule has 9 N–H and O–H groups in total. The van der Waals surface area contributed by atoms with Crippen LogP contribution in [0, 0.1) is 0 Å². The van der Waals surface area contributed by atoms with Gasteiger partial charge in [0, 0.05) is 0 Å². The predicted molar refractivity (Wildman–Crippen MR) is 143 cm³/mol. The molecule has 2 bridgehead atoms. The smallest absolute Gasteiger partial charge is 0.387 e. The van der Waals surface area contributed by atoms with Gasteiger partial charge in [-0.2, -0.15) is 4.98 Å². The Hall–Kier alpha value is -3.44. The maximum absolute atomic E-state index is 13.2. The summed E-state index contributed by atoms with van der Waals surface area (Å²) < 4.78 is 61.1. The summed E-state index contributed by atoms with van der Waals surface area (Å²) >= 11 is 0. The minimum absolute atomic E-state index is 0.0210. The van der Waals surface area contributed by atoms with Crippen molar-refractivity contribution in [1.29, 1.82) is 0 Å². The molecule has 45 heavy (non-hydrogen) atoms. The maximum Gasteiger partial charge on any atom is 0.472 e. The van der Waals surface area contributed by atoms with E-state index in [4.69, 9.17) is 39.0 Å². The molecule has 7 heterocycles. The van der Waals surface area contributed by atoms with E-state index in [1.807, 2.05) is 0 Å². The fraction of sp³-hybridized carbons (Fsp3) is 0.500. The van der Waals surface area contributed by atoms with Crippen LogP contribution in [0.2, 0.25) is 0 Å². The van der Waals surface area contributed by atoms with Gasteiger partial charge >= 0.3 is 15.6 Å². The molecule has 0 spiro atoms. The van der Waals surface area contributed by atoms with Crippen molar-refractivity contribution in [3.05, 3.63) is 29.3 Å². The molecule has 242 valence electrons. The van der Waals surface area contributed by atoms with E-state index >= 15 is 0 Å². The summed E-state index contributed by atoms with van der Waals surface area (Å²) in [6.45, 7) is -1.65. The van der Waals surface area contributed by atoms with Crippen LogP contribution >= 0.6 is 15.6 Å². The first-order valence-electron chi connectivity index (χ1n) is 13.0. The van der Waals surface area contributed by atoms with Crippen molar-refractivity contribution in [2.45, 2.75) is 49.1 Å². The number of nitrogens with one attached hydrogen (secondary N) is 1. The molecule has 3 fully saturated rings. The SMILES string of the molecule is Nc1nc2c(ncn2C2O[C@H]3COP(=O)(O)OC4C(O)C(COP(=O)(O)OC3C2O)OC4n2cnc3c(N)ncnc32)c(=O)[nH]1. The number of rotatable bonds is 2. The summed E-state index contributed by atoms with van der Waals surface area (Å²) in [6, 6.07) is 0. The number of aliphatic hydroxyl groups is 2. The molecule has 0 aromatic carbocycles. The predicted octanol–water partition coefficient (Wildman–Crippen LogP) is -2.34. The normalized spacial score (nSPS) is 37.7. The van der Waals surface area contributed by atoms with Gasteiger partial charge in [-0.15, -0.1) is 0 Å². The Kier molecular flexibility index (Phi) is 7.27. The maximum atomic E-state index is 13.2. The first-order chi connectivity index (χ1) is 21.3. The standard InChI is InChI=1S/C20H24N10O13P2/c21-14-8-15(24-3-23-14)29(4-25-8)19-13-10(31)6(40-19)1-38-44(34,35)42-12-7(2-39-45(36,37)43-13)41-18(11(12)32)30-5-26-9-16(30)27-20(22)28-17(9)33/h3-7,10-13,18-19,31-32H,1-2H2,(H,34,35)(H,36,37)(H2,21,23,24)(H3,22,27,28,33)/t6?,7-,10?,11?,12?,13?,18?,19?/m0/s1. The third kappa shape index (κ3) is 5.31. The Balaban J connectivity index is 1.21. The summed E-state index contributed by atoms with van der Waals surface area (Å²) in [5.74, 6) is -0.250. The molecule has 0 radical (unpaired) electrons. The number of H-pyrrole nitrogens is 1. The number of anilines is 2. The van der Waals surface area contributed by atoms with Crippen molar-refractivity contribution >= 4 is 49.7 Å². The van der Waals surface area contributed by atoms with Gasteiger partial charge in [-0.3, -0.25) is 37.0 Å². The Morgan fingerprint density at radius 2 is 1.44 bits per heavy atom. The van der Waals surface area contributed by atoms with Gasteiger partial charge < -0.3 is 40.9 Å². The van der Waals surface area contributed by atoms with Crippen molar-refractivity contribution in [2.24, 2.45) is 0 Å². The number of imidazole rings is 2. The molecule has 23 nitrogen and oxygen atoms in total. The average molecular weight is 674 g/mol. The molecule has 0 amide bonds. The minimum Gasteiger partial charge on any atom is -0.387 e. The van der Waals surface area contributed by atoms with Gasteiger partial charge in [0.2, 0.25) is 5.95 Å². The lowest BCUT2D eigenvalue weighted by molar-refractivity contribution is -0.0672. The van der Waals surface area contributed by atoms with Gasteiger partial charge in [0.15, 0.2) is 35.1 Å². The van der Waals surface area contributed by atoms with Crippen molar-refractivity contribution in [3.63, 3.8) is 0 Å². The van der Waals surface area contributed by atoms with Crippen LogP contribution in [-0.4, -0.2) is 109 Å². The zero-order valence-corrected chi connectivity index (χ0v) is 24.2. The number of fused-ring (bicyclic) bond motifs is 5. The summed E-state index contributed by atoms with van der Waals surface area (Å²) in [6.07, 6.45) is -9.21. The number of ether oxygens (including phenoxy) is 2.